The second-order valence-corrected chi connectivity index (χ2v) is 4.78. The molecule has 18 heavy (non-hydrogen) atoms. The van der Waals surface area contributed by atoms with E-state index in [0.717, 1.165) is 5.56 Å². The molecule has 0 aromatic heterocycles. The molecule has 0 fully saturated rings. The summed E-state index contributed by atoms with van der Waals surface area (Å²) in [6.45, 7) is 4.44. The summed E-state index contributed by atoms with van der Waals surface area (Å²) >= 11 is 0. The van der Waals surface area contributed by atoms with Gasteiger partial charge in [-0.3, -0.25) is 0 Å². The van der Waals surface area contributed by atoms with E-state index in [1.54, 1.807) is 24.3 Å². The molecule has 0 aliphatic heterocycles. The topological polar surface area (TPSA) is 35.5 Å². The molecule has 100 valence electrons. The van der Waals surface area contributed by atoms with Crippen LogP contribution < -0.4 is 4.74 Å². The summed E-state index contributed by atoms with van der Waals surface area (Å²) in [5.74, 6) is 0.279. The average molecular weight is 258 g/mol. The van der Waals surface area contributed by atoms with Crippen molar-refractivity contribution in [2.24, 2.45) is 0 Å². The second kappa shape index (κ2) is 5.80. The molecule has 1 aromatic rings. The third-order valence-corrected chi connectivity index (χ3v) is 2.23. The zero-order valence-corrected chi connectivity index (χ0v) is 10.6. The molecule has 0 saturated carbocycles. The molecular weight excluding hydrogens is 242 g/mol. The maximum Gasteiger partial charge on any atom is 0.516 e. The van der Waals surface area contributed by atoms with Crippen LogP contribution in [0.15, 0.2) is 24.3 Å². The van der Waals surface area contributed by atoms with Crippen molar-refractivity contribution in [2.45, 2.75) is 32.5 Å². The van der Waals surface area contributed by atoms with E-state index in [4.69, 9.17) is 4.74 Å². The molecule has 0 saturated heterocycles. The minimum atomic E-state index is -2.29. The van der Waals surface area contributed by atoms with Gasteiger partial charge in [0, 0.05) is 5.56 Å². The van der Waals surface area contributed by atoms with Gasteiger partial charge < -0.3 is 9.47 Å². The van der Waals surface area contributed by atoms with E-state index >= 15 is 0 Å². The van der Waals surface area contributed by atoms with Gasteiger partial charge in [-0.1, -0.05) is 39.0 Å². The van der Waals surface area contributed by atoms with Crippen LogP contribution in [0, 0.1) is 0 Å². The molecule has 0 radical (unpaired) electrons. The van der Waals surface area contributed by atoms with Crippen molar-refractivity contribution < 1.29 is 23.0 Å². The largest absolute Gasteiger partial charge is 0.516 e. The summed E-state index contributed by atoms with van der Waals surface area (Å²) in [5.41, 5.74) is 0.532. The Labute approximate surface area is 105 Å². The third-order valence-electron chi connectivity index (χ3n) is 2.23. The van der Waals surface area contributed by atoms with Crippen molar-refractivity contribution >= 4 is 6.16 Å². The minimum absolute atomic E-state index is 0.244. The van der Waals surface area contributed by atoms with E-state index < -0.39 is 19.2 Å². The molecular formula is C13H16F2O3. The zero-order valence-electron chi connectivity index (χ0n) is 10.6. The van der Waals surface area contributed by atoms with Gasteiger partial charge in [-0.15, -0.1) is 0 Å². The number of hydrogen-bond acceptors (Lipinski definition) is 3. The predicted molar refractivity (Wildman–Crippen MR) is 63.1 cm³/mol. The lowest BCUT2D eigenvalue weighted by Gasteiger charge is -2.21. The summed E-state index contributed by atoms with van der Waals surface area (Å²) < 4.78 is 33.3. The predicted octanol–water partition coefficient (Wildman–Crippen LogP) is 3.76. The van der Waals surface area contributed by atoms with Crippen LogP contribution in [0.5, 0.6) is 5.75 Å². The summed E-state index contributed by atoms with van der Waals surface area (Å²) in [6.07, 6.45) is -3.55. The van der Waals surface area contributed by atoms with Gasteiger partial charge in [0.2, 0.25) is 0 Å². The monoisotopic (exact) mass is 258 g/mol. The molecule has 1 rings (SSSR count). The molecule has 0 spiro atoms. The Kier molecular flexibility index (Phi) is 4.64. The standard InChI is InChI=1S/C13H16F2O3/c1-13(2,3)9-6-4-5-7-10(9)17-12(16)18-11(15)8-14/h4-7,11H,8H2,1-3H3. The highest BCUT2D eigenvalue weighted by Crippen LogP contribution is 2.31. The van der Waals surface area contributed by atoms with E-state index in [9.17, 15) is 13.6 Å². The van der Waals surface area contributed by atoms with Crippen LogP contribution in [0.3, 0.4) is 0 Å². The normalized spacial score (nSPS) is 12.9. The Morgan fingerprint density at radius 3 is 2.50 bits per heavy atom. The lowest BCUT2D eigenvalue weighted by molar-refractivity contribution is -0.0233. The van der Waals surface area contributed by atoms with Gasteiger partial charge in [-0.25, -0.2) is 9.18 Å². The molecule has 1 aromatic carbocycles. The lowest BCUT2D eigenvalue weighted by atomic mass is 9.86. The van der Waals surface area contributed by atoms with E-state index in [1.807, 2.05) is 20.8 Å². The quantitative estimate of drug-likeness (QED) is 0.611. The molecule has 5 heteroatoms. The van der Waals surface area contributed by atoms with Crippen molar-refractivity contribution in [3.8, 4) is 5.75 Å². The first-order chi connectivity index (χ1) is 8.34. The van der Waals surface area contributed by atoms with Crippen molar-refractivity contribution in [2.75, 3.05) is 6.67 Å². The van der Waals surface area contributed by atoms with E-state index in [1.165, 1.54) is 0 Å². The van der Waals surface area contributed by atoms with Crippen molar-refractivity contribution in [1.29, 1.82) is 0 Å². The summed E-state index contributed by atoms with van der Waals surface area (Å²) in [7, 11) is 0. The Morgan fingerprint density at radius 2 is 1.94 bits per heavy atom. The fourth-order valence-corrected chi connectivity index (χ4v) is 1.42. The fraction of sp³-hybridized carbons (Fsp3) is 0.462. The highest BCUT2D eigenvalue weighted by atomic mass is 19.2. The third kappa shape index (κ3) is 3.98. The number of carbonyl (C=O) groups excluding carboxylic acids is 1. The highest BCUT2D eigenvalue weighted by molar-refractivity contribution is 5.65. The summed E-state index contributed by atoms with van der Waals surface area (Å²) in [6, 6.07) is 6.85. The van der Waals surface area contributed by atoms with Crippen molar-refractivity contribution in [3.63, 3.8) is 0 Å². The number of hydrogen-bond donors (Lipinski definition) is 0. The Hall–Kier alpha value is -1.65. The highest BCUT2D eigenvalue weighted by Gasteiger charge is 2.21. The van der Waals surface area contributed by atoms with Crippen molar-refractivity contribution in [1.82, 2.24) is 0 Å². The van der Waals surface area contributed by atoms with Crippen LogP contribution in [0.4, 0.5) is 13.6 Å². The summed E-state index contributed by atoms with van der Waals surface area (Å²) in [5, 5.41) is 0. The molecule has 1 atom stereocenters. The smallest absolute Gasteiger partial charge is 0.396 e. The number of ether oxygens (including phenoxy) is 2. The molecule has 0 aliphatic carbocycles. The SMILES string of the molecule is CC(C)(C)c1ccccc1OC(=O)OC(F)CF. The molecule has 0 amide bonds. The van der Waals surface area contributed by atoms with E-state index in [2.05, 4.69) is 4.74 Å². The molecule has 0 aliphatic rings. The first-order valence-electron chi connectivity index (χ1n) is 5.52. The number of benzene rings is 1. The van der Waals surface area contributed by atoms with Crippen LogP contribution in [0.2, 0.25) is 0 Å². The summed E-state index contributed by atoms with van der Waals surface area (Å²) in [4.78, 5) is 11.2. The second-order valence-electron chi connectivity index (χ2n) is 4.78. The van der Waals surface area contributed by atoms with Gasteiger partial charge in [0.1, 0.15) is 5.75 Å². The van der Waals surface area contributed by atoms with Crippen LogP contribution in [0.1, 0.15) is 26.3 Å². The van der Waals surface area contributed by atoms with Crippen LogP contribution in [-0.4, -0.2) is 19.2 Å². The average Bonchev–Trinajstić information content (AvgIpc) is 2.27. The Morgan fingerprint density at radius 1 is 1.33 bits per heavy atom. The first kappa shape index (κ1) is 14.4. The van der Waals surface area contributed by atoms with Gasteiger partial charge in [0.15, 0.2) is 6.67 Å². The molecule has 3 nitrogen and oxygen atoms in total. The van der Waals surface area contributed by atoms with E-state index in [0.29, 0.717) is 0 Å². The Bertz CT molecular complexity index is 413. The van der Waals surface area contributed by atoms with Gasteiger partial charge in [-0.2, -0.15) is 4.39 Å². The molecule has 0 bridgehead atoms. The van der Waals surface area contributed by atoms with Crippen molar-refractivity contribution in [3.05, 3.63) is 29.8 Å². The van der Waals surface area contributed by atoms with Crippen LogP contribution in [0.25, 0.3) is 0 Å². The molecule has 1 unspecified atom stereocenters. The maximum absolute atomic E-state index is 12.5. The van der Waals surface area contributed by atoms with Gasteiger partial charge in [0.25, 0.3) is 6.36 Å². The van der Waals surface area contributed by atoms with Gasteiger partial charge in [-0.05, 0) is 11.5 Å². The minimum Gasteiger partial charge on any atom is -0.396 e. The zero-order chi connectivity index (χ0) is 13.8. The number of carbonyl (C=O) groups is 1. The number of para-hydroxylation sites is 1. The molecule has 0 heterocycles. The van der Waals surface area contributed by atoms with Gasteiger partial charge in [0.05, 0.1) is 0 Å². The van der Waals surface area contributed by atoms with Crippen LogP contribution >= 0.6 is 0 Å². The fourth-order valence-electron chi connectivity index (χ4n) is 1.42. The van der Waals surface area contributed by atoms with E-state index in [-0.39, 0.29) is 11.2 Å². The first-order valence-corrected chi connectivity index (χ1v) is 5.52. The van der Waals surface area contributed by atoms with Gasteiger partial charge >= 0.3 is 6.16 Å². The maximum atomic E-state index is 12.5. The number of alkyl halides is 2. The Balaban J connectivity index is 2.82. The molecule has 0 N–H and O–H groups in total. The van der Waals surface area contributed by atoms with Crippen LogP contribution in [-0.2, 0) is 10.2 Å². The number of rotatable bonds is 3. The number of halogens is 2. The lowest BCUT2D eigenvalue weighted by Crippen LogP contribution is -2.21.